The van der Waals surface area contributed by atoms with Gasteiger partial charge < -0.3 is 4.74 Å². The molecule has 17 heavy (non-hydrogen) atoms. The lowest BCUT2D eigenvalue weighted by Crippen LogP contribution is -2.06. The van der Waals surface area contributed by atoms with E-state index in [4.69, 9.17) is 4.74 Å². The van der Waals surface area contributed by atoms with Crippen LogP contribution in [0.5, 0.6) is 0 Å². The van der Waals surface area contributed by atoms with E-state index in [2.05, 4.69) is 27.7 Å². The van der Waals surface area contributed by atoms with Crippen LogP contribution in [0.15, 0.2) is 11.8 Å². The fourth-order valence-electron chi connectivity index (χ4n) is 1.92. The second-order valence-corrected chi connectivity index (χ2v) is 4.98. The Morgan fingerprint density at radius 1 is 1.06 bits per heavy atom. The second-order valence-electron chi connectivity index (χ2n) is 4.98. The third-order valence-corrected chi connectivity index (χ3v) is 3.43. The Morgan fingerprint density at radius 2 is 1.76 bits per heavy atom. The maximum atomic E-state index is 5.77. The molecule has 0 aromatic heterocycles. The zero-order valence-electron chi connectivity index (χ0n) is 12.4. The van der Waals surface area contributed by atoms with Gasteiger partial charge in [0.25, 0.3) is 0 Å². The number of allylic oxidation sites excluding steroid dienone is 1. The Morgan fingerprint density at radius 3 is 2.29 bits per heavy atom. The molecule has 0 spiro atoms. The van der Waals surface area contributed by atoms with Crippen LogP contribution in [0.25, 0.3) is 0 Å². The molecule has 1 nitrogen and oxygen atoms in total. The fraction of sp³-hybridized carbons (Fsp3) is 0.875. The Labute approximate surface area is 109 Å². The van der Waals surface area contributed by atoms with Gasteiger partial charge in [0.1, 0.15) is 0 Å². The predicted molar refractivity (Wildman–Crippen MR) is 77.2 cm³/mol. The topological polar surface area (TPSA) is 9.23 Å². The molecule has 1 heteroatoms. The van der Waals surface area contributed by atoms with Crippen molar-refractivity contribution < 1.29 is 4.74 Å². The molecular weight excluding hydrogens is 208 g/mol. The van der Waals surface area contributed by atoms with Gasteiger partial charge in [-0.2, -0.15) is 0 Å². The summed E-state index contributed by atoms with van der Waals surface area (Å²) in [7, 11) is 0. The molecule has 0 aromatic carbocycles. The van der Waals surface area contributed by atoms with E-state index in [9.17, 15) is 0 Å². The van der Waals surface area contributed by atoms with Gasteiger partial charge in [0.05, 0.1) is 12.9 Å². The number of unbranched alkanes of at least 4 members (excludes halogenated alkanes) is 2. The number of ether oxygens (including phenoxy) is 1. The summed E-state index contributed by atoms with van der Waals surface area (Å²) in [4.78, 5) is 0. The largest absolute Gasteiger partial charge is 0.501 e. The van der Waals surface area contributed by atoms with Crippen molar-refractivity contribution in [2.45, 2.75) is 79.1 Å². The molecule has 0 amide bonds. The monoisotopic (exact) mass is 240 g/mol. The average Bonchev–Trinajstić information content (AvgIpc) is 2.37. The highest BCUT2D eigenvalue weighted by Crippen LogP contribution is 2.15. The highest BCUT2D eigenvalue weighted by atomic mass is 16.5. The predicted octanol–water partition coefficient (Wildman–Crippen LogP) is 5.70. The highest BCUT2D eigenvalue weighted by Gasteiger charge is 2.05. The molecule has 0 N–H and O–H groups in total. The molecule has 0 aromatic rings. The normalized spacial score (nSPS) is 13.8. The third-order valence-electron chi connectivity index (χ3n) is 3.43. The van der Waals surface area contributed by atoms with Crippen molar-refractivity contribution in [1.29, 1.82) is 0 Å². The standard InChI is InChI=1S/C16H32O/c1-5-9-11-15(7-3)13-17-14-16(8-4)12-10-6-2/h13,16H,5-12,14H2,1-4H3. The zero-order valence-corrected chi connectivity index (χ0v) is 12.4. The third kappa shape index (κ3) is 9.26. The summed E-state index contributed by atoms with van der Waals surface area (Å²) in [6.07, 6.45) is 12.1. The Kier molecular flexibility index (Phi) is 11.7. The first-order chi connectivity index (χ1) is 8.28. The maximum absolute atomic E-state index is 5.77. The fourth-order valence-corrected chi connectivity index (χ4v) is 1.92. The summed E-state index contributed by atoms with van der Waals surface area (Å²) in [5, 5.41) is 0. The van der Waals surface area contributed by atoms with Crippen LogP contribution in [0.1, 0.15) is 79.1 Å². The van der Waals surface area contributed by atoms with Gasteiger partial charge in [0.15, 0.2) is 0 Å². The Bertz CT molecular complexity index is 184. The van der Waals surface area contributed by atoms with Crippen LogP contribution >= 0.6 is 0 Å². The summed E-state index contributed by atoms with van der Waals surface area (Å²) >= 11 is 0. The first kappa shape index (κ1) is 16.5. The van der Waals surface area contributed by atoms with Crippen molar-refractivity contribution in [3.63, 3.8) is 0 Å². The minimum atomic E-state index is 0.746. The molecular formula is C16H32O. The second kappa shape index (κ2) is 12.0. The van der Waals surface area contributed by atoms with E-state index in [-0.39, 0.29) is 0 Å². The van der Waals surface area contributed by atoms with Gasteiger partial charge in [0, 0.05) is 0 Å². The van der Waals surface area contributed by atoms with Gasteiger partial charge in [-0.3, -0.25) is 0 Å². The van der Waals surface area contributed by atoms with Gasteiger partial charge in [-0.05, 0) is 37.2 Å². The summed E-state index contributed by atoms with van der Waals surface area (Å²) < 4.78 is 5.77. The molecule has 0 saturated carbocycles. The number of hydrogen-bond donors (Lipinski definition) is 0. The molecule has 0 aliphatic rings. The van der Waals surface area contributed by atoms with Crippen LogP contribution in [-0.4, -0.2) is 6.61 Å². The van der Waals surface area contributed by atoms with Crippen LogP contribution in [0, 0.1) is 5.92 Å². The van der Waals surface area contributed by atoms with Gasteiger partial charge in [0.2, 0.25) is 0 Å². The van der Waals surface area contributed by atoms with E-state index in [0.29, 0.717) is 0 Å². The lowest BCUT2D eigenvalue weighted by Gasteiger charge is -2.14. The number of rotatable bonds is 11. The molecule has 0 aliphatic carbocycles. The van der Waals surface area contributed by atoms with E-state index < -0.39 is 0 Å². The molecule has 1 atom stereocenters. The highest BCUT2D eigenvalue weighted by molar-refractivity contribution is 4.96. The maximum Gasteiger partial charge on any atom is 0.0901 e. The summed E-state index contributed by atoms with van der Waals surface area (Å²) in [6, 6.07) is 0. The first-order valence-corrected chi connectivity index (χ1v) is 7.57. The van der Waals surface area contributed by atoms with Crippen LogP contribution in [-0.2, 0) is 4.74 Å². The van der Waals surface area contributed by atoms with Crippen molar-refractivity contribution in [1.82, 2.24) is 0 Å². The van der Waals surface area contributed by atoms with E-state index in [1.54, 1.807) is 0 Å². The van der Waals surface area contributed by atoms with Crippen LogP contribution in [0.4, 0.5) is 0 Å². The lowest BCUT2D eigenvalue weighted by atomic mass is 10.0. The number of hydrogen-bond acceptors (Lipinski definition) is 1. The molecule has 0 aliphatic heterocycles. The molecule has 0 saturated heterocycles. The van der Waals surface area contributed by atoms with Crippen molar-refractivity contribution in [2.24, 2.45) is 5.92 Å². The minimum absolute atomic E-state index is 0.746. The van der Waals surface area contributed by atoms with E-state index in [0.717, 1.165) is 18.9 Å². The van der Waals surface area contributed by atoms with Crippen molar-refractivity contribution >= 4 is 0 Å². The van der Waals surface area contributed by atoms with Crippen molar-refractivity contribution in [2.75, 3.05) is 6.61 Å². The average molecular weight is 240 g/mol. The SMILES string of the molecule is CCCCC(=COCC(CC)CCCC)CC. The van der Waals surface area contributed by atoms with Gasteiger partial charge >= 0.3 is 0 Å². The molecule has 0 heterocycles. The van der Waals surface area contributed by atoms with Gasteiger partial charge in [-0.25, -0.2) is 0 Å². The Balaban J connectivity index is 3.84. The molecule has 102 valence electrons. The molecule has 0 rings (SSSR count). The van der Waals surface area contributed by atoms with E-state index in [1.807, 2.05) is 6.26 Å². The minimum Gasteiger partial charge on any atom is -0.501 e. The van der Waals surface area contributed by atoms with E-state index in [1.165, 1.54) is 50.5 Å². The first-order valence-electron chi connectivity index (χ1n) is 7.57. The van der Waals surface area contributed by atoms with Crippen LogP contribution in [0.2, 0.25) is 0 Å². The van der Waals surface area contributed by atoms with Crippen LogP contribution < -0.4 is 0 Å². The van der Waals surface area contributed by atoms with E-state index >= 15 is 0 Å². The summed E-state index contributed by atoms with van der Waals surface area (Å²) in [5.74, 6) is 0.746. The molecule has 1 unspecified atom stereocenters. The summed E-state index contributed by atoms with van der Waals surface area (Å²) in [5.41, 5.74) is 1.47. The Hall–Kier alpha value is -0.460. The molecule has 0 bridgehead atoms. The zero-order chi connectivity index (χ0) is 12.9. The van der Waals surface area contributed by atoms with Gasteiger partial charge in [-0.1, -0.05) is 53.4 Å². The molecule has 0 fully saturated rings. The van der Waals surface area contributed by atoms with Crippen molar-refractivity contribution in [3.05, 3.63) is 11.8 Å². The van der Waals surface area contributed by atoms with Crippen LogP contribution in [0.3, 0.4) is 0 Å². The summed E-state index contributed by atoms with van der Waals surface area (Å²) in [6.45, 7) is 9.90. The smallest absolute Gasteiger partial charge is 0.0901 e. The van der Waals surface area contributed by atoms with Crippen molar-refractivity contribution in [3.8, 4) is 0 Å². The quantitative estimate of drug-likeness (QED) is 0.421. The lowest BCUT2D eigenvalue weighted by molar-refractivity contribution is 0.180. The van der Waals surface area contributed by atoms with Gasteiger partial charge in [-0.15, -0.1) is 0 Å². The molecule has 0 radical (unpaired) electrons.